The second kappa shape index (κ2) is 12.2. The van der Waals surface area contributed by atoms with Crippen LogP contribution in [0, 0.1) is 6.92 Å². The molecule has 0 aliphatic heterocycles. The minimum Gasteiger partial charge on any atom is -0.444 e. The number of rotatable bonds is 8. The quantitative estimate of drug-likeness (QED) is 0.532. The van der Waals surface area contributed by atoms with Crippen LogP contribution in [-0.2, 0) is 14.3 Å². The van der Waals surface area contributed by atoms with Crippen LogP contribution in [0.1, 0.15) is 83.9 Å². The van der Waals surface area contributed by atoms with Crippen LogP contribution < -0.4 is 10.6 Å². The maximum atomic E-state index is 13.7. The second-order valence-electron chi connectivity index (χ2n) is 10.3. The zero-order chi connectivity index (χ0) is 25.5. The number of carbonyl (C=O) groups excluding carboxylic acids is 3. The molecule has 3 N–H and O–H groups in total. The summed E-state index contributed by atoms with van der Waals surface area (Å²) in [4.78, 5) is 41.1. The first-order valence-corrected chi connectivity index (χ1v) is 12.2. The van der Waals surface area contributed by atoms with Crippen LogP contribution in [0.2, 0.25) is 0 Å². The summed E-state index contributed by atoms with van der Waals surface area (Å²) in [5.74, 6) is -0.799. The van der Waals surface area contributed by atoms with E-state index in [2.05, 4.69) is 10.6 Å². The maximum Gasteiger partial charge on any atom is 0.408 e. The van der Waals surface area contributed by atoms with Gasteiger partial charge in [0.05, 0.1) is 6.61 Å². The van der Waals surface area contributed by atoms with Gasteiger partial charge in [0.1, 0.15) is 17.7 Å². The van der Waals surface area contributed by atoms with Gasteiger partial charge >= 0.3 is 6.09 Å². The van der Waals surface area contributed by atoms with E-state index in [0.29, 0.717) is 5.56 Å². The normalized spacial score (nSPS) is 16.5. The minimum absolute atomic E-state index is 0.0745. The molecule has 1 aliphatic carbocycles. The first-order valence-electron chi connectivity index (χ1n) is 12.2. The number of hydrogen-bond acceptors (Lipinski definition) is 5. The highest BCUT2D eigenvalue weighted by atomic mass is 16.6. The molecule has 1 aliphatic rings. The number of benzene rings is 1. The van der Waals surface area contributed by atoms with Gasteiger partial charge in [-0.3, -0.25) is 9.59 Å². The summed E-state index contributed by atoms with van der Waals surface area (Å²) >= 11 is 0. The highest BCUT2D eigenvalue weighted by molar-refractivity contribution is 5.92. The Kier molecular flexibility index (Phi) is 9.91. The second-order valence-corrected chi connectivity index (χ2v) is 10.3. The Morgan fingerprint density at radius 1 is 1.12 bits per heavy atom. The molecular weight excluding hydrogens is 434 g/mol. The summed E-state index contributed by atoms with van der Waals surface area (Å²) in [6, 6.07) is 5.04. The van der Waals surface area contributed by atoms with Crippen molar-refractivity contribution < 1.29 is 24.2 Å². The molecule has 0 aromatic heterocycles. The predicted octanol–water partition coefficient (Wildman–Crippen LogP) is 3.61. The number of alkyl carbamates (subject to hydrolysis) is 1. The van der Waals surface area contributed by atoms with Crippen LogP contribution in [0.15, 0.2) is 24.3 Å². The lowest BCUT2D eigenvalue weighted by Gasteiger charge is -2.38. The molecule has 2 rings (SSSR count). The molecule has 8 nitrogen and oxygen atoms in total. The molecule has 1 aromatic rings. The standard InChI is InChI=1S/C26H41N3O5/c1-17(2)29(24(32)21(16-30)28-25(33)34-26(4,5)6)22(20-15-11-10-12-18(20)3)23(31)27-19-13-8-7-9-14-19/h10-12,15,17,19,21-22,30H,7-9,13-14,16H2,1-6H3,(H,27,31)(H,28,33). The first-order chi connectivity index (χ1) is 15.9. The summed E-state index contributed by atoms with van der Waals surface area (Å²) in [6.07, 6.45) is 4.34. The molecule has 34 heavy (non-hydrogen) atoms. The summed E-state index contributed by atoms with van der Waals surface area (Å²) < 4.78 is 5.26. The number of carbonyl (C=O) groups is 3. The van der Waals surface area contributed by atoms with E-state index in [1.54, 1.807) is 20.8 Å². The van der Waals surface area contributed by atoms with E-state index in [1.807, 2.05) is 45.0 Å². The molecule has 0 saturated heterocycles. The van der Waals surface area contributed by atoms with Crippen molar-refractivity contribution in [1.29, 1.82) is 0 Å². The Hall–Kier alpha value is -2.61. The average Bonchev–Trinajstić information content (AvgIpc) is 2.75. The fraction of sp³-hybridized carbons (Fsp3) is 0.654. The van der Waals surface area contributed by atoms with Crippen molar-refractivity contribution in [2.24, 2.45) is 0 Å². The molecule has 0 bridgehead atoms. The molecule has 1 saturated carbocycles. The van der Waals surface area contributed by atoms with Crippen molar-refractivity contribution in [3.05, 3.63) is 35.4 Å². The molecule has 1 fully saturated rings. The molecule has 0 heterocycles. The lowest BCUT2D eigenvalue weighted by atomic mass is 9.93. The highest BCUT2D eigenvalue weighted by Crippen LogP contribution is 2.28. The monoisotopic (exact) mass is 475 g/mol. The molecule has 0 radical (unpaired) electrons. The van der Waals surface area contributed by atoms with Gasteiger partial charge in [0.25, 0.3) is 0 Å². The Balaban J connectivity index is 2.38. The van der Waals surface area contributed by atoms with Crippen molar-refractivity contribution in [1.82, 2.24) is 15.5 Å². The van der Waals surface area contributed by atoms with Crippen LogP contribution >= 0.6 is 0 Å². The van der Waals surface area contributed by atoms with Gasteiger partial charge in [-0.05, 0) is 65.5 Å². The van der Waals surface area contributed by atoms with Crippen LogP contribution in [0.3, 0.4) is 0 Å². The number of hydrogen-bond donors (Lipinski definition) is 3. The topological polar surface area (TPSA) is 108 Å². The molecule has 3 amide bonds. The molecule has 2 atom stereocenters. The molecule has 190 valence electrons. The van der Waals surface area contributed by atoms with Gasteiger partial charge in [-0.2, -0.15) is 0 Å². The Bertz CT molecular complexity index is 843. The van der Waals surface area contributed by atoms with E-state index in [0.717, 1.165) is 31.2 Å². The van der Waals surface area contributed by atoms with E-state index in [1.165, 1.54) is 11.3 Å². The Morgan fingerprint density at radius 3 is 2.26 bits per heavy atom. The van der Waals surface area contributed by atoms with Gasteiger partial charge in [-0.25, -0.2) is 4.79 Å². The first kappa shape index (κ1) is 27.6. The minimum atomic E-state index is -1.24. The summed E-state index contributed by atoms with van der Waals surface area (Å²) in [5.41, 5.74) is 0.839. The number of aryl methyl sites for hydroxylation is 1. The number of nitrogens with zero attached hydrogens (tertiary/aromatic N) is 1. The van der Waals surface area contributed by atoms with Gasteiger partial charge in [0.15, 0.2) is 0 Å². The van der Waals surface area contributed by atoms with E-state index in [9.17, 15) is 19.5 Å². The molecule has 8 heteroatoms. The van der Waals surface area contributed by atoms with Crippen LogP contribution in [0.5, 0.6) is 0 Å². The van der Waals surface area contributed by atoms with Crippen LogP contribution in [-0.4, -0.2) is 58.2 Å². The van der Waals surface area contributed by atoms with Gasteiger partial charge < -0.3 is 25.4 Å². The molecule has 2 unspecified atom stereocenters. The Labute approximate surface area is 203 Å². The van der Waals surface area contributed by atoms with Crippen molar-refractivity contribution in [3.8, 4) is 0 Å². The lowest BCUT2D eigenvalue weighted by molar-refractivity contribution is -0.145. The number of nitrogens with one attached hydrogen (secondary N) is 2. The third kappa shape index (κ3) is 7.72. The van der Waals surface area contributed by atoms with E-state index < -0.39 is 36.3 Å². The van der Waals surface area contributed by atoms with Gasteiger partial charge in [0, 0.05) is 12.1 Å². The summed E-state index contributed by atoms with van der Waals surface area (Å²) in [6.45, 7) is 10.1. The molecule has 1 aromatic carbocycles. The fourth-order valence-corrected chi connectivity index (χ4v) is 4.33. The zero-order valence-corrected chi connectivity index (χ0v) is 21.4. The maximum absolute atomic E-state index is 13.7. The lowest BCUT2D eigenvalue weighted by Crippen LogP contribution is -2.57. The average molecular weight is 476 g/mol. The number of amides is 3. The van der Waals surface area contributed by atoms with Crippen molar-refractivity contribution in [2.75, 3.05) is 6.61 Å². The van der Waals surface area contributed by atoms with E-state index in [-0.39, 0.29) is 18.0 Å². The van der Waals surface area contributed by atoms with Gasteiger partial charge in [0.2, 0.25) is 11.8 Å². The van der Waals surface area contributed by atoms with E-state index in [4.69, 9.17) is 4.74 Å². The van der Waals surface area contributed by atoms with Crippen molar-refractivity contribution in [2.45, 2.75) is 103 Å². The number of ether oxygens (including phenoxy) is 1. The predicted molar refractivity (Wildman–Crippen MR) is 131 cm³/mol. The largest absolute Gasteiger partial charge is 0.444 e. The third-order valence-electron chi connectivity index (χ3n) is 5.94. The number of aliphatic hydroxyl groups is 1. The SMILES string of the molecule is Cc1ccccc1C(C(=O)NC1CCCCC1)N(C(=O)C(CO)NC(=O)OC(C)(C)C)C(C)C. The molecular formula is C26H41N3O5. The molecule has 0 spiro atoms. The summed E-state index contributed by atoms with van der Waals surface area (Å²) in [5, 5.41) is 15.6. The number of aliphatic hydroxyl groups excluding tert-OH is 1. The van der Waals surface area contributed by atoms with Crippen LogP contribution in [0.25, 0.3) is 0 Å². The van der Waals surface area contributed by atoms with Gasteiger partial charge in [-0.1, -0.05) is 43.5 Å². The fourth-order valence-electron chi connectivity index (χ4n) is 4.33. The highest BCUT2D eigenvalue weighted by Gasteiger charge is 2.38. The van der Waals surface area contributed by atoms with Crippen molar-refractivity contribution >= 4 is 17.9 Å². The smallest absolute Gasteiger partial charge is 0.408 e. The van der Waals surface area contributed by atoms with E-state index >= 15 is 0 Å². The summed E-state index contributed by atoms with van der Waals surface area (Å²) in [7, 11) is 0. The van der Waals surface area contributed by atoms with Crippen LogP contribution in [0.4, 0.5) is 4.79 Å². The zero-order valence-electron chi connectivity index (χ0n) is 21.4. The third-order valence-corrected chi connectivity index (χ3v) is 5.94. The Morgan fingerprint density at radius 2 is 1.74 bits per heavy atom. The van der Waals surface area contributed by atoms with Gasteiger partial charge in [-0.15, -0.1) is 0 Å². The van der Waals surface area contributed by atoms with Crippen molar-refractivity contribution in [3.63, 3.8) is 0 Å².